The number of anilines is 2. The second kappa shape index (κ2) is 7.45. The lowest BCUT2D eigenvalue weighted by atomic mass is 10.0. The van der Waals surface area contributed by atoms with Crippen molar-refractivity contribution in [2.45, 2.75) is 24.7 Å². The number of nitrogens with one attached hydrogen (secondary N) is 2. The summed E-state index contributed by atoms with van der Waals surface area (Å²) in [5.74, 6) is 0.484. The van der Waals surface area contributed by atoms with Gasteiger partial charge in [-0.05, 0) is 39.5 Å². The van der Waals surface area contributed by atoms with Crippen molar-refractivity contribution in [2.24, 2.45) is 0 Å². The SMILES string of the molecule is O=C(Nc1ccc2c(c1)OCO2)c1nn2c(c1Br)N[C@@H](c1cccs1)C[C@H]2C(F)(F)F. The number of alkyl halides is 3. The van der Waals surface area contributed by atoms with E-state index in [0.29, 0.717) is 17.2 Å². The highest BCUT2D eigenvalue weighted by molar-refractivity contribution is 9.10. The molecule has 2 aliphatic rings. The third-order valence-electron chi connectivity index (χ3n) is 5.03. The van der Waals surface area contributed by atoms with Crippen LogP contribution in [-0.4, -0.2) is 28.7 Å². The topological polar surface area (TPSA) is 77.4 Å². The van der Waals surface area contributed by atoms with Crippen molar-refractivity contribution in [1.29, 1.82) is 0 Å². The third kappa shape index (κ3) is 3.63. The van der Waals surface area contributed by atoms with Gasteiger partial charge in [-0.25, -0.2) is 4.68 Å². The van der Waals surface area contributed by atoms with Crippen molar-refractivity contribution >= 4 is 44.7 Å². The fourth-order valence-corrected chi connectivity index (χ4v) is 4.92. The predicted molar refractivity (Wildman–Crippen MR) is 111 cm³/mol. The number of ether oxygens (including phenoxy) is 2. The first-order chi connectivity index (χ1) is 14.8. The molecule has 2 atom stereocenters. The second-order valence-corrected chi connectivity index (χ2v) is 8.76. The molecule has 0 saturated carbocycles. The molecule has 162 valence electrons. The summed E-state index contributed by atoms with van der Waals surface area (Å²) in [5, 5.41) is 11.5. The minimum absolute atomic E-state index is 0.0853. The molecule has 12 heteroatoms. The molecule has 0 fully saturated rings. The van der Waals surface area contributed by atoms with Crippen molar-refractivity contribution < 1.29 is 27.4 Å². The Morgan fingerprint density at radius 2 is 2.10 bits per heavy atom. The number of nitrogens with zero attached hydrogens (tertiary/aromatic N) is 2. The Morgan fingerprint density at radius 3 is 2.84 bits per heavy atom. The number of amides is 1. The van der Waals surface area contributed by atoms with Crippen molar-refractivity contribution in [2.75, 3.05) is 17.4 Å². The zero-order valence-electron chi connectivity index (χ0n) is 15.6. The summed E-state index contributed by atoms with van der Waals surface area (Å²) in [6.07, 6.45) is -4.75. The van der Waals surface area contributed by atoms with Gasteiger partial charge in [-0.2, -0.15) is 18.3 Å². The van der Waals surface area contributed by atoms with Crippen molar-refractivity contribution in [3.8, 4) is 11.5 Å². The Balaban J connectivity index is 1.47. The number of carbonyl (C=O) groups is 1. The fraction of sp³-hybridized carbons (Fsp3) is 0.263. The van der Waals surface area contributed by atoms with Gasteiger partial charge in [0.2, 0.25) is 6.79 Å². The normalized spacial score (nSPS) is 19.6. The Morgan fingerprint density at radius 1 is 1.29 bits per heavy atom. The number of aromatic nitrogens is 2. The maximum atomic E-state index is 13.8. The molecular weight excluding hydrogens is 501 g/mol. The number of fused-ring (bicyclic) bond motifs is 2. The number of halogens is 4. The van der Waals surface area contributed by atoms with E-state index in [4.69, 9.17) is 9.47 Å². The Labute approximate surface area is 186 Å². The summed E-state index contributed by atoms with van der Waals surface area (Å²) in [6.45, 7) is 0.0853. The molecule has 31 heavy (non-hydrogen) atoms. The summed E-state index contributed by atoms with van der Waals surface area (Å²) in [4.78, 5) is 13.6. The predicted octanol–water partition coefficient (Wildman–Crippen LogP) is 5.35. The van der Waals surface area contributed by atoms with Gasteiger partial charge in [-0.15, -0.1) is 11.3 Å². The number of hydrogen-bond acceptors (Lipinski definition) is 6. The van der Waals surface area contributed by atoms with Crippen LogP contribution in [0.4, 0.5) is 24.7 Å². The highest BCUT2D eigenvalue weighted by atomic mass is 79.9. The largest absolute Gasteiger partial charge is 0.454 e. The molecule has 0 saturated heterocycles. The summed E-state index contributed by atoms with van der Waals surface area (Å²) < 4.78 is 53.0. The van der Waals surface area contributed by atoms with E-state index in [0.717, 1.165) is 9.56 Å². The number of carbonyl (C=O) groups excluding carboxylic acids is 1. The molecule has 3 aromatic rings. The van der Waals surface area contributed by atoms with Gasteiger partial charge in [0.25, 0.3) is 5.91 Å². The van der Waals surface area contributed by atoms with Crippen molar-refractivity contribution in [3.05, 3.63) is 50.8 Å². The first-order valence-corrected chi connectivity index (χ1v) is 10.8. The highest BCUT2D eigenvalue weighted by Crippen LogP contribution is 2.47. The molecule has 7 nitrogen and oxygen atoms in total. The monoisotopic (exact) mass is 514 g/mol. The zero-order valence-corrected chi connectivity index (χ0v) is 18.0. The van der Waals surface area contributed by atoms with Gasteiger partial charge in [0.15, 0.2) is 23.2 Å². The average Bonchev–Trinajstić information content (AvgIpc) is 3.46. The molecular formula is C19H14BrF3N4O3S. The molecule has 2 N–H and O–H groups in total. The Hall–Kier alpha value is -2.73. The van der Waals surface area contributed by atoms with Crippen LogP contribution in [-0.2, 0) is 0 Å². The smallest absolute Gasteiger partial charge is 0.410 e. The van der Waals surface area contributed by atoms with Crippen LogP contribution < -0.4 is 20.1 Å². The number of rotatable bonds is 3. The molecule has 0 unspecified atom stereocenters. The van der Waals surface area contributed by atoms with Gasteiger partial charge >= 0.3 is 6.18 Å². The third-order valence-corrected chi connectivity index (χ3v) is 6.76. The summed E-state index contributed by atoms with van der Waals surface area (Å²) in [7, 11) is 0. The van der Waals surface area contributed by atoms with Gasteiger partial charge in [-0.1, -0.05) is 6.07 Å². The fourth-order valence-electron chi connectivity index (χ4n) is 3.58. The molecule has 0 bridgehead atoms. The Bertz CT molecular complexity index is 1150. The highest BCUT2D eigenvalue weighted by Gasteiger charge is 2.48. The molecule has 0 aliphatic carbocycles. The lowest BCUT2D eigenvalue weighted by molar-refractivity contribution is -0.173. The van der Waals surface area contributed by atoms with E-state index in [1.165, 1.54) is 11.3 Å². The van der Waals surface area contributed by atoms with Crippen molar-refractivity contribution in [1.82, 2.24) is 9.78 Å². The molecule has 0 radical (unpaired) electrons. The first kappa shape index (κ1) is 20.2. The van der Waals surface area contributed by atoms with Crippen LogP contribution in [0.25, 0.3) is 0 Å². The minimum Gasteiger partial charge on any atom is -0.454 e. The molecule has 0 spiro atoms. The molecule has 1 amide bonds. The number of benzene rings is 1. The van der Waals surface area contributed by atoms with Crippen LogP contribution in [0.5, 0.6) is 11.5 Å². The van der Waals surface area contributed by atoms with E-state index >= 15 is 0 Å². The maximum Gasteiger partial charge on any atom is 0.410 e. The summed E-state index contributed by atoms with van der Waals surface area (Å²) in [6, 6.07) is 5.99. The maximum absolute atomic E-state index is 13.8. The van der Waals surface area contributed by atoms with Crippen LogP contribution >= 0.6 is 27.3 Å². The van der Waals surface area contributed by atoms with Crippen LogP contribution in [0.2, 0.25) is 0 Å². The number of hydrogen-bond donors (Lipinski definition) is 2. The lowest BCUT2D eigenvalue weighted by Crippen LogP contribution is -2.35. The van der Waals surface area contributed by atoms with E-state index in [1.54, 1.807) is 30.3 Å². The van der Waals surface area contributed by atoms with E-state index < -0.39 is 24.2 Å². The number of thiophene rings is 1. The molecule has 2 aliphatic heterocycles. The average molecular weight is 515 g/mol. The first-order valence-electron chi connectivity index (χ1n) is 9.17. The molecule has 4 heterocycles. The molecule has 1 aromatic carbocycles. The zero-order chi connectivity index (χ0) is 21.8. The second-order valence-electron chi connectivity index (χ2n) is 6.98. The van der Waals surface area contributed by atoms with Gasteiger partial charge in [0.05, 0.1) is 10.5 Å². The van der Waals surface area contributed by atoms with Crippen LogP contribution in [0.1, 0.15) is 33.9 Å². The van der Waals surface area contributed by atoms with E-state index in [1.807, 2.05) is 5.38 Å². The van der Waals surface area contributed by atoms with Crippen LogP contribution in [0.15, 0.2) is 40.2 Å². The van der Waals surface area contributed by atoms with Crippen LogP contribution in [0, 0.1) is 0 Å². The van der Waals surface area contributed by atoms with Gasteiger partial charge in [-0.3, -0.25) is 4.79 Å². The summed E-state index contributed by atoms with van der Waals surface area (Å²) in [5.41, 5.74) is 0.255. The quantitative estimate of drug-likeness (QED) is 0.492. The Kier molecular flexibility index (Phi) is 4.85. The van der Waals surface area contributed by atoms with Crippen molar-refractivity contribution in [3.63, 3.8) is 0 Å². The van der Waals surface area contributed by atoms with Crippen LogP contribution in [0.3, 0.4) is 0 Å². The summed E-state index contributed by atoms with van der Waals surface area (Å²) >= 11 is 4.64. The minimum atomic E-state index is -4.52. The van der Waals surface area contributed by atoms with Gasteiger partial charge < -0.3 is 20.1 Å². The van der Waals surface area contributed by atoms with Gasteiger partial charge in [0.1, 0.15) is 5.82 Å². The van der Waals surface area contributed by atoms with E-state index in [2.05, 4.69) is 31.7 Å². The molecule has 2 aromatic heterocycles. The van der Waals surface area contributed by atoms with Gasteiger partial charge in [0, 0.05) is 23.1 Å². The van der Waals surface area contributed by atoms with E-state index in [9.17, 15) is 18.0 Å². The lowest BCUT2D eigenvalue weighted by Gasteiger charge is -2.33. The molecule has 5 rings (SSSR count). The standard InChI is InChI=1S/C19H14BrF3N4O3S/c20-15-16(18(28)24-9-3-4-11-12(6-9)30-8-29-11)26-27-14(19(21,22)23)7-10(25-17(15)27)13-2-1-5-31-13/h1-6,10,14,25H,7-8H2,(H,24,28)/t10-,14+/m1/s1. The van der Waals surface area contributed by atoms with E-state index in [-0.39, 0.29) is 29.2 Å².